The van der Waals surface area contributed by atoms with Gasteiger partial charge in [0.1, 0.15) is 18.0 Å². The van der Waals surface area contributed by atoms with Crippen LogP contribution in [0.5, 0.6) is 5.75 Å². The minimum atomic E-state index is -0.473. The number of pyridine rings is 1. The van der Waals surface area contributed by atoms with Gasteiger partial charge in [0, 0.05) is 17.2 Å². The zero-order valence-electron chi connectivity index (χ0n) is 12.6. The molecule has 6 heteroatoms. The summed E-state index contributed by atoms with van der Waals surface area (Å²) >= 11 is 3.36. The minimum Gasteiger partial charge on any atom is -0.490 e. The van der Waals surface area contributed by atoms with Gasteiger partial charge in [0.25, 0.3) is 0 Å². The predicted octanol–water partition coefficient (Wildman–Crippen LogP) is 3.62. The second kappa shape index (κ2) is 6.64. The molecule has 0 saturated carbocycles. The first-order chi connectivity index (χ1) is 9.85. The topological polar surface area (TPSA) is 51.7 Å². The number of aromatic nitrogens is 1. The second-order valence-electron chi connectivity index (χ2n) is 6.12. The van der Waals surface area contributed by atoms with Crippen molar-refractivity contribution in [3.63, 3.8) is 0 Å². The number of amides is 1. The number of likely N-dealkylation sites (tertiary alicyclic amines) is 1. The molecule has 0 radical (unpaired) electrons. The van der Waals surface area contributed by atoms with E-state index in [9.17, 15) is 4.79 Å². The van der Waals surface area contributed by atoms with Crippen molar-refractivity contribution >= 4 is 22.0 Å². The molecule has 0 spiro atoms. The number of halogens is 1. The maximum atomic E-state index is 12.2. The van der Waals surface area contributed by atoms with E-state index >= 15 is 0 Å². The summed E-state index contributed by atoms with van der Waals surface area (Å²) in [5.41, 5.74) is -0.473. The molecule has 1 aromatic heterocycles. The molecule has 0 aromatic carbocycles. The Morgan fingerprint density at radius 1 is 1.48 bits per heavy atom. The molecule has 1 aromatic rings. The molecule has 0 aliphatic carbocycles. The first-order valence-corrected chi connectivity index (χ1v) is 7.87. The van der Waals surface area contributed by atoms with Crippen LogP contribution in [0.4, 0.5) is 4.79 Å². The summed E-state index contributed by atoms with van der Waals surface area (Å²) < 4.78 is 12.0. The summed E-state index contributed by atoms with van der Waals surface area (Å²) in [6.07, 6.45) is 5.01. The van der Waals surface area contributed by atoms with Gasteiger partial charge in [0.15, 0.2) is 0 Å². The van der Waals surface area contributed by atoms with E-state index in [0.717, 1.165) is 23.9 Å². The zero-order chi connectivity index (χ0) is 15.5. The summed E-state index contributed by atoms with van der Waals surface area (Å²) in [6.45, 7) is 6.80. The van der Waals surface area contributed by atoms with Crippen LogP contribution in [-0.2, 0) is 4.74 Å². The highest BCUT2D eigenvalue weighted by Gasteiger charge is 2.32. The fourth-order valence-corrected chi connectivity index (χ4v) is 2.58. The van der Waals surface area contributed by atoms with Crippen LogP contribution in [0, 0.1) is 0 Å². The summed E-state index contributed by atoms with van der Waals surface area (Å²) in [7, 11) is 0. The minimum absolute atomic E-state index is 0.0545. The van der Waals surface area contributed by atoms with Crippen LogP contribution < -0.4 is 4.74 Å². The molecule has 2 heterocycles. The number of rotatable bonds is 3. The predicted molar refractivity (Wildman–Crippen MR) is 83.4 cm³/mol. The second-order valence-corrected chi connectivity index (χ2v) is 7.04. The maximum absolute atomic E-state index is 12.2. The van der Waals surface area contributed by atoms with E-state index in [4.69, 9.17) is 9.47 Å². The van der Waals surface area contributed by atoms with Gasteiger partial charge in [-0.15, -0.1) is 0 Å². The molecule has 0 bridgehead atoms. The molecule has 1 saturated heterocycles. The van der Waals surface area contributed by atoms with Crippen molar-refractivity contribution in [1.29, 1.82) is 0 Å². The Hall–Kier alpha value is -1.30. The smallest absolute Gasteiger partial charge is 0.410 e. The maximum Gasteiger partial charge on any atom is 0.410 e. The van der Waals surface area contributed by atoms with Gasteiger partial charge in [-0.25, -0.2) is 4.79 Å². The average Bonchev–Trinajstić information content (AvgIpc) is 2.83. The van der Waals surface area contributed by atoms with E-state index in [0.29, 0.717) is 12.4 Å². The molecule has 1 fully saturated rings. The van der Waals surface area contributed by atoms with Crippen molar-refractivity contribution in [2.45, 2.75) is 45.3 Å². The lowest BCUT2D eigenvalue weighted by atomic mass is 10.2. The van der Waals surface area contributed by atoms with Crippen LogP contribution >= 0.6 is 15.9 Å². The highest BCUT2D eigenvalue weighted by Crippen LogP contribution is 2.22. The first-order valence-electron chi connectivity index (χ1n) is 7.08. The summed E-state index contributed by atoms with van der Waals surface area (Å²) in [5.74, 6) is 0.695. The van der Waals surface area contributed by atoms with Crippen molar-refractivity contribution in [2.24, 2.45) is 0 Å². The van der Waals surface area contributed by atoms with Gasteiger partial charge in [-0.3, -0.25) is 4.98 Å². The summed E-state index contributed by atoms with van der Waals surface area (Å²) in [4.78, 5) is 18.0. The third-order valence-corrected chi connectivity index (χ3v) is 3.56. The third-order valence-electron chi connectivity index (χ3n) is 3.13. The molecule has 0 unspecified atom stereocenters. The highest BCUT2D eigenvalue weighted by molar-refractivity contribution is 9.10. The molecule has 0 N–H and O–H groups in total. The Labute approximate surface area is 133 Å². The van der Waals surface area contributed by atoms with Crippen molar-refractivity contribution < 1.29 is 14.3 Å². The molecule has 5 nitrogen and oxygen atoms in total. The van der Waals surface area contributed by atoms with E-state index in [1.54, 1.807) is 17.3 Å². The molecule has 1 aliphatic heterocycles. The third kappa shape index (κ3) is 4.88. The number of nitrogens with zero attached hydrogens (tertiary/aromatic N) is 2. The van der Waals surface area contributed by atoms with Crippen LogP contribution in [0.2, 0.25) is 0 Å². The molecule has 1 atom stereocenters. The molecule has 116 valence electrons. The highest BCUT2D eigenvalue weighted by atomic mass is 79.9. The Morgan fingerprint density at radius 3 is 2.90 bits per heavy atom. The fraction of sp³-hybridized carbons (Fsp3) is 0.600. The standard InChI is InChI=1S/C15H21BrN2O3/c1-15(2,3)21-14(19)18-6-4-5-12(18)10-20-13-7-11(16)8-17-9-13/h7-9,12H,4-6,10H2,1-3H3/t12-/m1/s1. The average molecular weight is 357 g/mol. The van der Waals surface area contributed by atoms with Crippen molar-refractivity contribution in [1.82, 2.24) is 9.88 Å². The Kier molecular flexibility index (Phi) is 5.08. The summed E-state index contributed by atoms with van der Waals surface area (Å²) in [6, 6.07) is 1.92. The summed E-state index contributed by atoms with van der Waals surface area (Å²) in [5, 5.41) is 0. The molecule has 1 amide bonds. The number of ether oxygens (including phenoxy) is 2. The van der Waals surface area contributed by atoms with Crippen molar-refractivity contribution in [2.75, 3.05) is 13.2 Å². The molecular weight excluding hydrogens is 336 g/mol. The van der Waals surface area contributed by atoms with Crippen LogP contribution in [0.15, 0.2) is 22.9 Å². The van der Waals surface area contributed by atoms with Crippen LogP contribution in [0.25, 0.3) is 0 Å². The molecule has 2 rings (SSSR count). The van der Waals surface area contributed by atoms with Gasteiger partial charge in [0.05, 0.1) is 12.2 Å². The van der Waals surface area contributed by atoms with Crippen molar-refractivity contribution in [3.8, 4) is 5.75 Å². The van der Waals surface area contributed by atoms with E-state index in [-0.39, 0.29) is 12.1 Å². The van der Waals surface area contributed by atoms with Crippen LogP contribution in [-0.4, -0.2) is 40.8 Å². The number of carbonyl (C=O) groups excluding carboxylic acids is 1. The fourth-order valence-electron chi connectivity index (χ4n) is 2.23. The van der Waals surface area contributed by atoms with Gasteiger partial charge >= 0.3 is 6.09 Å². The van der Waals surface area contributed by atoms with E-state index in [1.165, 1.54) is 0 Å². The lowest BCUT2D eigenvalue weighted by Gasteiger charge is -2.28. The normalized spacial score (nSPS) is 18.7. The Bertz CT molecular complexity index is 502. The van der Waals surface area contributed by atoms with E-state index in [2.05, 4.69) is 20.9 Å². The Balaban J connectivity index is 1.91. The lowest BCUT2D eigenvalue weighted by molar-refractivity contribution is 0.0187. The van der Waals surface area contributed by atoms with Gasteiger partial charge in [-0.1, -0.05) is 0 Å². The van der Waals surface area contributed by atoms with Crippen LogP contribution in [0.1, 0.15) is 33.6 Å². The number of hydrogen-bond acceptors (Lipinski definition) is 4. The molecular formula is C15H21BrN2O3. The van der Waals surface area contributed by atoms with Gasteiger partial charge in [0.2, 0.25) is 0 Å². The molecule has 1 aliphatic rings. The number of carbonyl (C=O) groups is 1. The van der Waals surface area contributed by atoms with Gasteiger partial charge < -0.3 is 14.4 Å². The number of hydrogen-bond donors (Lipinski definition) is 0. The van der Waals surface area contributed by atoms with Gasteiger partial charge in [-0.2, -0.15) is 0 Å². The van der Waals surface area contributed by atoms with Crippen LogP contribution in [0.3, 0.4) is 0 Å². The monoisotopic (exact) mass is 356 g/mol. The van der Waals surface area contributed by atoms with E-state index in [1.807, 2.05) is 26.8 Å². The lowest BCUT2D eigenvalue weighted by Crippen LogP contribution is -2.42. The van der Waals surface area contributed by atoms with E-state index < -0.39 is 5.60 Å². The largest absolute Gasteiger partial charge is 0.490 e. The zero-order valence-corrected chi connectivity index (χ0v) is 14.2. The first kappa shape index (κ1) is 16.1. The van der Waals surface area contributed by atoms with Crippen molar-refractivity contribution in [3.05, 3.63) is 22.9 Å². The quantitative estimate of drug-likeness (QED) is 0.829. The Morgan fingerprint density at radius 2 is 2.24 bits per heavy atom. The SMILES string of the molecule is CC(C)(C)OC(=O)N1CCC[C@@H]1COc1cncc(Br)c1. The molecule has 21 heavy (non-hydrogen) atoms. The van der Waals surface area contributed by atoms with Gasteiger partial charge in [-0.05, 0) is 55.6 Å².